The van der Waals surface area contributed by atoms with Gasteiger partial charge in [0.1, 0.15) is 24.1 Å². The van der Waals surface area contributed by atoms with Crippen LogP contribution in [-0.2, 0) is 20.9 Å². The van der Waals surface area contributed by atoms with E-state index in [1.165, 1.54) is 0 Å². The van der Waals surface area contributed by atoms with E-state index < -0.39 is 36.7 Å². The molecule has 1 aromatic rings. The molecule has 134 valence electrons. The molecule has 0 spiro atoms. The van der Waals surface area contributed by atoms with Crippen LogP contribution in [0.15, 0.2) is 18.2 Å². The lowest BCUT2D eigenvalue weighted by Crippen LogP contribution is -2.61. The predicted octanol–water partition coefficient (Wildman–Crippen LogP) is -0.854. The highest BCUT2D eigenvalue weighted by atomic mass is 16.7. The summed E-state index contributed by atoms with van der Waals surface area (Å²) < 4.78 is 15.6. The van der Waals surface area contributed by atoms with Crippen molar-refractivity contribution >= 4 is 11.7 Å². The second kappa shape index (κ2) is 7.77. The van der Waals surface area contributed by atoms with E-state index in [2.05, 4.69) is 5.32 Å². The lowest BCUT2D eigenvalue weighted by atomic mass is 9.99. The Labute approximate surface area is 138 Å². The van der Waals surface area contributed by atoms with Crippen LogP contribution in [-0.4, -0.2) is 71.3 Å². The first-order chi connectivity index (χ1) is 11.4. The van der Waals surface area contributed by atoms with E-state index in [-0.39, 0.29) is 5.75 Å². The van der Waals surface area contributed by atoms with Gasteiger partial charge in [-0.25, -0.2) is 4.79 Å². The van der Waals surface area contributed by atoms with E-state index in [0.717, 1.165) is 5.56 Å². The second-order valence-electron chi connectivity index (χ2n) is 5.37. The molecule has 9 nitrogen and oxygen atoms in total. The van der Waals surface area contributed by atoms with E-state index in [1.54, 1.807) is 32.4 Å². The van der Waals surface area contributed by atoms with Crippen LogP contribution in [0, 0.1) is 0 Å². The van der Waals surface area contributed by atoms with Crippen LogP contribution in [0.5, 0.6) is 5.75 Å². The van der Waals surface area contributed by atoms with Crippen LogP contribution in [0.25, 0.3) is 0 Å². The van der Waals surface area contributed by atoms with Crippen LogP contribution in [0.2, 0.25) is 0 Å². The van der Waals surface area contributed by atoms with Crippen molar-refractivity contribution in [3.63, 3.8) is 0 Å². The summed E-state index contributed by atoms with van der Waals surface area (Å²) in [4.78, 5) is 11.1. The van der Waals surface area contributed by atoms with Gasteiger partial charge in [-0.15, -0.1) is 0 Å². The maximum Gasteiger partial charge on any atom is 0.335 e. The van der Waals surface area contributed by atoms with Gasteiger partial charge in [0.15, 0.2) is 6.10 Å². The molecule has 1 aliphatic heterocycles. The molecule has 1 aromatic carbocycles. The van der Waals surface area contributed by atoms with Gasteiger partial charge in [0.25, 0.3) is 0 Å². The third-order valence-corrected chi connectivity index (χ3v) is 3.68. The van der Waals surface area contributed by atoms with Crippen molar-refractivity contribution < 1.29 is 39.4 Å². The maximum atomic E-state index is 11.1. The Morgan fingerprint density at radius 1 is 1.25 bits per heavy atom. The van der Waals surface area contributed by atoms with Gasteiger partial charge in [0, 0.05) is 14.2 Å². The molecule has 5 atom stereocenters. The summed E-state index contributed by atoms with van der Waals surface area (Å²) in [6.45, 7) is 0.392. The fourth-order valence-electron chi connectivity index (χ4n) is 2.41. The maximum absolute atomic E-state index is 11.1. The Kier molecular flexibility index (Phi) is 5.97. The van der Waals surface area contributed by atoms with Gasteiger partial charge in [-0.2, -0.15) is 0 Å². The number of nitrogens with one attached hydrogen (secondary N) is 1. The third-order valence-electron chi connectivity index (χ3n) is 3.68. The van der Waals surface area contributed by atoms with Gasteiger partial charge in [-0.3, -0.25) is 0 Å². The first-order valence-electron chi connectivity index (χ1n) is 7.27. The molecule has 0 unspecified atom stereocenters. The number of aliphatic hydroxyl groups is 3. The fraction of sp³-hybridized carbons (Fsp3) is 0.533. The standard InChI is InChI=1S/C15H21NO8/c1-16-8-5-7(6-22-2)3-4-9(8)23-15-12(19)10(17)11(18)13(24-15)14(20)21/h3-5,10-13,15-19H,6H2,1-2H3,(H,20,21)/t10-,11-,12+,13-,15-/m0/s1. The molecular formula is C15H21NO8. The summed E-state index contributed by atoms with van der Waals surface area (Å²) in [7, 11) is 3.23. The SMILES string of the molecule is CNc1cc(COC)ccc1O[C@H]1O[C@H](C(=O)O)[C@@H](O)[C@H](O)[C@H]1O. The number of methoxy groups -OCH3 is 1. The molecule has 9 heteroatoms. The van der Waals surface area contributed by atoms with Crippen molar-refractivity contribution in [2.45, 2.75) is 37.3 Å². The Morgan fingerprint density at radius 3 is 2.54 bits per heavy atom. The van der Waals surface area contributed by atoms with Gasteiger partial charge in [0.2, 0.25) is 6.29 Å². The Morgan fingerprint density at radius 2 is 1.96 bits per heavy atom. The van der Waals surface area contributed by atoms with Crippen LogP contribution in [0.1, 0.15) is 5.56 Å². The lowest BCUT2D eigenvalue weighted by Gasteiger charge is -2.38. The fourth-order valence-corrected chi connectivity index (χ4v) is 2.41. The molecule has 1 fully saturated rings. The van der Waals surface area contributed by atoms with Crippen molar-refractivity contribution in [3.05, 3.63) is 23.8 Å². The molecule has 0 aliphatic carbocycles. The van der Waals surface area contributed by atoms with Gasteiger partial charge in [0.05, 0.1) is 12.3 Å². The third kappa shape index (κ3) is 3.77. The highest BCUT2D eigenvalue weighted by Crippen LogP contribution is 2.30. The largest absolute Gasteiger partial charge is 0.479 e. The topological polar surface area (TPSA) is 138 Å². The molecule has 0 bridgehead atoms. The van der Waals surface area contributed by atoms with Crippen LogP contribution >= 0.6 is 0 Å². The molecule has 24 heavy (non-hydrogen) atoms. The lowest BCUT2D eigenvalue weighted by molar-refractivity contribution is -0.271. The molecule has 0 saturated carbocycles. The van der Waals surface area contributed by atoms with E-state index in [1.807, 2.05) is 0 Å². The number of ether oxygens (including phenoxy) is 3. The molecule has 2 rings (SSSR count). The van der Waals surface area contributed by atoms with Gasteiger partial charge in [-0.1, -0.05) is 6.07 Å². The van der Waals surface area contributed by atoms with Crippen LogP contribution in [0.3, 0.4) is 0 Å². The monoisotopic (exact) mass is 343 g/mol. The van der Waals surface area contributed by atoms with Crippen molar-refractivity contribution in [1.29, 1.82) is 0 Å². The number of hydrogen-bond donors (Lipinski definition) is 5. The minimum absolute atomic E-state index is 0.286. The zero-order chi connectivity index (χ0) is 17.9. The van der Waals surface area contributed by atoms with Crippen molar-refractivity contribution in [1.82, 2.24) is 0 Å². The zero-order valence-electron chi connectivity index (χ0n) is 13.2. The second-order valence-corrected chi connectivity index (χ2v) is 5.37. The van der Waals surface area contributed by atoms with E-state index in [0.29, 0.717) is 12.3 Å². The van der Waals surface area contributed by atoms with Crippen molar-refractivity contribution in [2.24, 2.45) is 0 Å². The number of carbonyl (C=O) groups is 1. The molecule has 0 radical (unpaired) electrons. The number of aliphatic carboxylic acids is 1. The summed E-state index contributed by atoms with van der Waals surface area (Å²) in [6.07, 6.45) is -8.25. The molecule has 0 aromatic heterocycles. The minimum Gasteiger partial charge on any atom is -0.479 e. The Balaban J connectivity index is 2.21. The van der Waals surface area contributed by atoms with Crippen molar-refractivity contribution in [3.8, 4) is 5.75 Å². The van der Waals surface area contributed by atoms with E-state index in [4.69, 9.17) is 19.3 Å². The van der Waals surface area contributed by atoms with Crippen LogP contribution in [0.4, 0.5) is 5.69 Å². The predicted molar refractivity (Wildman–Crippen MR) is 81.6 cm³/mol. The summed E-state index contributed by atoms with van der Waals surface area (Å²) in [6, 6.07) is 5.09. The number of hydrogen-bond acceptors (Lipinski definition) is 8. The average molecular weight is 343 g/mol. The quantitative estimate of drug-likeness (QED) is 0.447. The van der Waals surface area contributed by atoms with E-state index >= 15 is 0 Å². The van der Waals surface area contributed by atoms with E-state index in [9.17, 15) is 20.1 Å². The van der Waals surface area contributed by atoms with Crippen molar-refractivity contribution in [2.75, 3.05) is 19.5 Å². The number of benzene rings is 1. The van der Waals surface area contributed by atoms with Gasteiger partial charge in [-0.05, 0) is 17.7 Å². The van der Waals surface area contributed by atoms with Gasteiger partial charge >= 0.3 is 5.97 Å². The molecule has 1 aliphatic rings. The first-order valence-corrected chi connectivity index (χ1v) is 7.27. The number of rotatable bonds is 6. The summed E-state index contributed by atoms with van der Waals surface area (Å²) >= 11 is 0. The molecule has 5 N–H and O–H groups in total. The molecular weight excluding hydrogens is 322 g/mol. The van der Waals surface area contributed by atoms with Crippen LogP contribution < -0.4 is 10.1 Å². The Hall–Kier alpha value is -1.91. The van der Waals surface area contributed by atoms with Gasteiger partial charge < -0.3 is 40.0 Å². The highest BCUT2D eigenvalue weighted by molar-refractivity contribution is 5.73. The number of aliphatic hydroxyl groups excluding tert-OH is 3. The smallest absolute Gasteiger partial charge is 0.335 e. The number of carboxylic acids is 1. The minimum atomic E-state index is -1.76. The molecule has 0 amide bonds. The zero-order valence-corrected chi connectivity index (χ0v) is 13.2. The summed E-state index contributed by atoms with van der Waals surface area (Å²) in [5.41, 5.74) is 1.44. The molecule has 1 saturated heterocycles. The Bertz CT molecular complexity index is 581. The summed E-state index contributed by atoms with van der Waals surface area (Å²) in [5.74, 6) is -1.18. The molecule has 1 heterocycles. The highest BCUT2D eigenvalue weighted by Gasteiger charge is 2.48. The number of carboxylic acid groups (broad SMARTS) is 1. The average Bonchev–Trinajstić information content (AvgIpc) is 2.56. The normalized spacial score (nSPS) is 30.0. The summed E-state index contributed by atoms with van der Waals surface area (Å²) in [5, 5.41) is 41.4. The first kappa shape index (κ1) is 18.4. The number of anilines is 1.